The first-order valence-corrected chi connectivity index (χ1v) is 8.46. The van der Waals surface area contributed by atoms with Gasteiger partial charge in [0.15, 0.2) is 0 Å². The van der Waals surface area contributed by atoms with Gasteiger partial charge in [-0.05, 0) is 73.9 Å². The van der Waals surface area contributed by atoms with Crippen LogP contribution in [0.1, 0.15) is 40.8 Å². The standard InChI is InChI=1S/C18H22N2S/c1-12-7-8-16(9-13(12)2)21-18-15(11-19)10-14-5-3-4-6-17(14)20-18/h7-10H,3-6,11,19H2,1-2H3. The van der Waals surface area contributed by atoms with Crippen LogP contribution in [0.4, 0.5) is 0 Å². The molecular weight excluding hydrogens is 276 g/mol. The van der Waals surface area contributed by atoms with Crippen LogP contribution in [0.2, 0.25) is 0 Å². The fourth-order valence-corrected chi connectivity index (χ4v) is 3.81. The van der Waals surface area contributed by atoms with Crippen molar-refractivity contribution in [1.29, 1.82) is 0 Å². The van der Waals surface area contributed by atoms with E-state index in [1.54, 1.807) is 11.8 Å². The van der Waals surface area contributed by atoms with Crippen LogP contribution in [0.3, 0.4) is 0 Å². The van der Waals surface area contributed by atoms with Gasteiger partial charge in [0.05, 0.1) is 0 Å². The van der Waals surface area contributed by atoms with E-state index in [0.29, 0.717) is 6.54 Å². The number of fused-ring (bicyclic) bond motifs is 1. The van der Waals surface area contributed by atoms with Gasteiger partial charge in [-0.3, -0.25) is 0 Å². The molecule has 0 bridgehead atoms. The molecule has 2 N–H and O–H groups in total. The van der Waals surface area contributed by atoms with E-state index in [9.17, 15) is 0 Å². The van der Waals surface area contributed by atoms with Crippen LogP contribution in [0, 0.1) is 13.8 Å². The minimum absolute atomic E-state index is 0.563. The van der Waals surface area contributed by atoms with Gasteiger partial charge in [0, 0.05) is 17.1 Å². The average Bonchev–Trinajstić information content (AvgIpc) is 2.50. The Bertz CT molecular complexity index is 665. The molecule has 2 aromatic rings. The monoisotopic (exact) mass is 298 g/mol. The zero-order valence-corrected chi connectivity index (χ0v) is 13.6. The molecule has 0 saturated carbocycles. The number of hydrogen-bond donors (Lipinski definition) is 1. The Hall–Kier alpha value is -1.32. The topological polar surface area (TPSA) is 38.9 Å². The van der Waals surface area contributed by atoms with E-state index < -0.39 is 0 Å². The van der Waals surface area contributed by atoms with Crippen molar-refractivity contribution in [3.05, 3.63) is 52.2 Å². The van der Waals surface area contributed by atoms with Gasteiger partial charge in [-0.25, -0.2) is 4.98 Å². The van der Waals surface area contributed by atoms with Crippen LogP contribution in [-0.2, 0) is 19.4 Å². The summed E-state index contributed by atoms with van der Waals surface area (Å²) in [5.41, 5.74) is 12.5. The highest BCUT2D eigenvalue weighted by atomic mass is 32.2. The SMILES string of the molecule is Cc1ccc(Sc2nc3c(cc2CN)CCCC3)cc1C. The number of hydrogen-bond acceptors (Lipinski definition) is 3. The molecule has 0 atom stereocenters. The molecule has 1 heterocycles. The highest BCUT2D eigenvalue weighted by molar-refractivity contribution is 7.99. The number of nitrogens with zero attached hydrogens (tertiary/aromatic N) is 1. The Morgan fingerprint density at radius 2 is 1.90 bits per heavy atom. The van der Waals surface area contributed by atoms with Crippen molar-refractivity contribution in [2.24, 2.45) is 5.73 Å². The van der Waals surface area contributed by atoms with Crippen molar-refractivity contribution in [2.75, 3.05) is 0 Å². The Labute approximate surface area is 131 Å². The number of aromatic nitrogens is 1. The van der Waals surface area contributed by atoms with Gasteiger partial charge in [-0.15, -0.1) is 0 Å². The molecule has 1 aromatic heterocycles. The van der Waals surface area contributed by atoms with Gasteiger partial charge in [-0.2, -0.15) is 0 Å². The van der Waals surface area contributed by atoms with Crippen molar-refractivity contribution in [2.45, 2.75) is 56.0 Å². The van der Waals surface area contributed by atoms with E-state index in [-0.39, 0.29) is 0 Å². The van der Waals surface area contributed by atoms with Crippen LogP contribution < -0.4 is 5.73 Å². The molecule has 0 spiro atoms. The number of pyridine rings is 1. The highest BCUT2D eigenvalue weighted by Crippen LogP contribution is 2.33. The van der Waals surface area contributed by atoms with Crippen molar-refractivity contribution >= 4 is 11.8 Å². The number of nitrogens with two attached hydrogens (primary N) is 1. The average molecular weight is 298 g/mol. The second kappa shape index (κ2) is 6.20. The van der Waals surface area contributed by atoms with E-state index in [2.05, 4.69) is 38.1 Å². The lowest BCUT2D eigenvalue weighted by Crippen LogP contribution is -2.10. The smallest absolute Gasteiger partial charge is 0.106 e. The Balaban J connectivity index is 1.95. The maximum atomic E-state index is 5.94. The first kappa shape index (κ1) is 14.6. The number of rotatable bonds is 3. The molecule has 21 heavy (non-hydrogen) atoms. The number of aryl methyl sites for hydroxylation is 4. The summed E-state index contributed by atoms with van der Waals surface area (Å²) in [5.74, 6) is 0. The van der Waals surface area contributed by atoms with Crippen LogP contribution in [-0.4, -0.2) is 4.98 Å². The molecular formula is C18H22N2S. The predicted molar refractivity (Wildman–Crippen MR) is 88.8 cm³/mol. The Kier molecular flexibility index (Phi) is 4.32. The zero-order valence-electron chi connectivity index (χ0n) is 12.8. The second-order valence-electron chi connectivity index (χ2n) is 5.82. The summed E-state index contributed by atoms with van der Waals surface area (Å²) < 4.78 is 0. The van der Waals surface area contributed by atoms with Gasteiger partial charge in [0.1, 0.15) is 5.03 Å². The molecule has 0 radical (unpaired) electrons. The lowest BCUT2D eigenvalue weighted by molar-refractivity contribution is 0.656. The summed E-state index contributed by atoms with van der Waals surface area (Å²) in [6, 6.07) is 8.87. The predicted octanol–water partition coefficient (Wildman–Crippen LogP) is 4.19. The third-order valence-electron chi connectivity index (χ3n) is 4.25. The van der Waals surface area contributed by atoms with Gasteiger partial charge >= 0.3 is 0 Å². The van der Waals surface area contributed by atoms with Crippen LogP contribution in [0.15, 0.2) is 34.2 Å². The molecule has 1 aliphatic carbocycles. The van der Waals surface area contributed by atoms with E-state index >= 15 is 0 Å². The number of benzene rings is 1. The van der Waals surface area contributed by atoms with Crippen LogP contribution >= 0.6 is 11.8 Å². The Morgan fingerprint density at radius 1 is 1.10 bits per heavy atom. The van der Waals surface area contributed by atoms with Gasteiger partial charge in [0.2, 0.25) is 0 Å². The van der Waals surface area contributed by atoms with Crippen LogP contribution in [0.25, 0.3) is 0 Å². The van der Waals surface area contributed by atoms with Crippen molar-refractivity contribution in [3.8, 4) is 0 Å². The second-order valence-corrected chi connectivity index (χ2v) is 6.88. The summed E-state index contributed by atoms with van der Waals surface area (Å²) in [4.78, 5) is 6.16. The Morgan fingerprint density at radius 3 is 2.67 bits per heavy atom. The highest BCUT2D eigenvalue weighted by Gasteiger charge is 2.15. The largest absolute Gasteiger partial charge is 0.326 e. The molecule has 0 unspecified atom stereocenters. The molecule has 0 aliphatic heterocycles. The van der Waals surface area contributed by atoms with Crippen molar-refractivity contribution in [3.63, 3.8) is 0 Å². The minimum Gasteiger partial charge on any atom is -0.326 e. The summed E-state index contributed by atoms with van der Waals surface area (Å²) in [5, 5.41) is 1.08. The molecule has 2 nitrogen and oxygen atoms in total. The molecule has 0 amide bonds. The molecule has 3 rings (SSSR count). The first-order valence-electron chi connectivity index (χ1n) is 7.64. The fourth-order valence-electron chi connectivity index (χ4n) is 2.79. The molecule has 3 heteroatoms. The summed E-state index contributed by atoms with van der Waals surface area (Å²) in [7, 11) is 0. The maximum absolute atomic E-state index is 5.94. The first-order chi connectivity index (χ1) is 10.2. The summed E-state index contributed by atoms with van der Waals surface area (Å²) in [6.07, 6.45) is 4.81. The van der Waals surface area contributed by atoms with Gasteiger partial charge in [-0.1, -0.05) is 23.9 Å². The zero-order chi connectivity index (χ0) is 14.8. The van der Waals surface area contributed by atoms with Gasteiger partial charge < -0.3 is 5.73 Å². The fraction of sp³-hybridized carbons (Fsp3) is 0.389. The lowest BCUT2D eigenvalue weighted by atomic mass is 9.95. The summed E-state index contributed by atoms with van der Waals surface area (Å²) in [6.45, 7) is 4.86. The van der Waals surface area contributed by atoms with Crippen molar-refractivity contribution < 1.29 is 0 Å². The van der Waals surface area contributed by atoms with Gasteiger partial charge in [0.25, 0.3) is 0 Å². The lowest BCUT2D eigenvalue weighted by Gasteiger charge is -2.18. The molecule has 1 aromatic carbocycles. The molecule has 1 aliphatic rings. The minimum atomic E-state index is 0.563. The van der Waals surface area contributed by atoms with Crippen LogP contribution in [0.5, 0.6) is 0 Å². The quantitative estimate of drug-likeness (QED) is 0.923. The van der Waals surface area contributed by atoms with E-state index in [1.165, 1.54) is 45.7 Å². The molecule has 0 fully saturated rings. The molecule has 110 valence electrons. The maximum Gasteiger partial charge on any atom is 0.106 e. The van der Waals surface area contributed by atoms with E-state index in [4.69, 9.17) is 10.7 Å². The third kappa shape index (κ3) is 3.14. The van der Waals surface area contributed by atoms with Crippen molar-refractivity contribution in [1.82, 2.24) is 4.98 Å². The normalized spacial score (nSPS) is 14.0. The third-order valence-corrected chi connectivity index (χ3v) is 5.29. The van der Waals surface area contributed by atoms with E-state index in [1.807, 2.05) is 0 Å². The summed E-state index contributed by atoms with van der Waals surface area (Å²) >= 11 is 1.74. The molecule has 0 saturated heterocycles. The van der Waals surface area contributed by atoms with E-state index in [0.717, 1.165) is 17.9 Å².